The molecule has 0 radical (unpaired) electrons. The first-order chi connectivity index (χ1) is 10.4. The third-order valence-corrected chi connectivity index (χ3v) is 3.04. The Hall–Kier alpha value is -2.90. The Balaban J connectivity index is 2.17. The lowest BCUT2D eigenvalue weighted by Crippen LogP contribution is -2.00. The van der Waals surface area contributed by atoms with E-state index in [0.717, 1.165) is 5.56 Å². The fraction of sp³-hybridized carbons (Fsp3) is 0.286. The van der Waals surface area contributed by atoms with E-state index in [0.29, 0.717) is 0 Å². The number of nitro groups is 2. The van der Waals surface area contributed by atoms with E-state index in [2.05, 4.69) is 0 Å². The van der Waals surface area contributed by atoms with Crippen LogP contribution in [0.25, 0.3) is 0 Å². The maximum atomic E-state index is 11.1. The predicted molar refractivity (Wildman–Crippen MR) is 76.9 cm³/mol. The molecular formula is C14H14N2O6. The van der Waals surface area contributed by atoms with Gasteiger partial charge in [-0.2, -0.15) is 0 Å². The van der Waals surface area contributed by atoms with Gasteiger partial charge in [-0.3, -0.25) is 20.2 Å². The van der Waals surface area contributed by atoms with Gasteiger partial charge in [-0.25, -0.2) is 0 Å². The molecule has 2 aromatic rings. The van der Waals surface area contributed by atoms with Crippen molar-refractivity contribution in [2.45, 2.75) is 26.4 Å². The molecule has 0 amide bonds. The summed E-state index contributed by atoms with van der Waals surface area (Å²) in [6, 6.07) is 7.33. The molecule has 0 N–H and O–H groups in total. The molecule has 0 spiro atoms. The standard InChI is InChI=1S/C14H14N2O6/c1-9(2)10-3-5-13(12(7-10)15(17)18)21-8-11-4-6-14(22-11)16(19)20/h3-7,9H,8H2,1-2H3. The van der Waals surface area contributed by atoms with Crippen LogP contribution in [0.15, 0.2) is 34.7 Å². The lowest BCUT2D eigenvalue weighted by molar-refractivity contribution is -0.402. The molecule has 1 heterocycles. The fourth-order valence-electron chi connectivity index (χ4n) is 1.85. The molecule has 0 aliphatic heterocycles. The van der Waals surface area contributed by atoms with Crippen LogP contribution in [0, 0.1) is 20.2 Å². The molecule has 116 valence electrons. The van der Waals surface area contributed by atoms with Crippen LogP contribution in [-0.2, 0) is 6.61 Å². The van der Waals surface area contributed by atoms with Gasteiger partial charge in [0.15, 0.2) is 5.75 Å². The van der Waals surface area contributed by atoms with Gasteiger partial charge < -0.3 is 9.15 Å². The van der Waals surface area contributed by atoms with Crippen molar-refractivity contribution in [2.24, 2.45) is 0 Å². The number of benzene rings is 1. The van der Waals surface area contributed by atoms with Crippen molar-refractivity contribution in [2.75, 3.05) is 0 Å². The SMILES string of the molecule is CC(C)c1ccc(OCc2ccc([N+](=O)[O-])o2)c([N+](=O)[O-])c1. The zero-order chi connectivity index (χ0) is 16.3. The van der Waals surface area contributed by atoms with Gasteiger partial charge in [0, 0.05) is 6.07 Å². The summed E-state index contributed by atoms with van der Waals surface area (Å²) >= 11 is 0. The van der Waals surface area contributed by atoms with E-state index >= 15 is 0 Å². The molecule has 0 unspecified atom stereocenters. The van der Waals surface area contributed by atoms with Gasteiger partial charge in [-0.15, -0.1) is 0 Å². The molecule has 0 aliphatic carbocycles. The molecule has 0 saturated carbocycles. The van der Waals surface area contributed by atoms with Crippen LogP contribution in [0.1, 0.15) is 31.1 Å². The summed E-state index contributed by atoms with van der Waals surface area (Å²) in [6.45, 7) is 3.73. The van der Waals surface area contributed by atoms with Gasteiger partial charge in [-0.1, -0.05) is 19.9 Å². The highest BCUT2D eigenvalue weighted by molar-refractivity contribution is 5.49. The first-order valence-electron chi connectivity index (χ1n) is 6.52. The summed E-state index contributed by atoms with van der Waals surface area (Å²) in [6.07, 6.45) is 0. The number of rotatable bonds is 6. The summed E-state index contributed by atoms with van der Waals surface area (Å²) in [5, 5.41) is 21.6. The quantitative estimate of drug-likeness (QED) is 0.593. The van der Waals surface area contributed by atoms with E-state index < -0.39 is 15.7 Å². The second kappa shape index (κ2) is 6.25. The van der Waals surface area contributed by atoms with E-state index in [1.807, 2.05) is 13.8 Å². The highest BCUT2D eigenvalue weighted by Gasteiger charge is 2.18. The topological polar surface area (TPSA) is 109 Å². The van der Waals surface area contributed by atoms with Crippen molar-refractivity contribution in [3.8, 4) is 5.75 Å². The minimum absolute atomic E-state index is 0.0912. The second-order valence-corrected chi connectivity index (χ2v) is 4.92. The Labute approximate surface area is 125 Å². The van der Waals surface area contributed by atoms with Gasteiger partial charge in [0.1, 0.15) is 17.3 Å². The summed E-state index contributed by atoms with van der Waals surface area (Å²) in [7, 11) is 0. The van der Waals surface area contributed by atoms with E-state index in [-0.39, 0.29) is 29.7 Å². The number of hydrogen-bond donors (Lipinski definition) is 0. The van der Waals surface area contributed by atoms with Crippen molar-refractivity contribution in [1.29, 1.82) is 0 Å². The van der Waals surface area contributed by atoms with Crippen molar-refractivity contribution >= 4 is 11.6 Å². The summed E-state index contributed by atoms with van der Waals surface area (Å²) in [4.78, 5) is 20.4. The minimum Gasteiger partial charge on any atom is -0.479 e. The molecule has 1 aromatic carbocycles. The Morgan fingerprint density at radius 2 is 1.86 bits per heavy atom. The lowest BCUT2D eigenvalue weighted by atomic mass is 10.0. The predicted octanol–water partition coefficient (Wildman–Crippen LogP) is 3.80. The minimum atomic E-state index is -0.663. The van der Waals surface area contributed by atoms with E-state index in [4.69, 9.17) is 9.15 Å². The van der Waals surface area contributed by atoms with Crippen molar-refractivity contribution in [3.05, 3.63) is 61.9 Å². The smallest absolute Gasteiger partial charge is 0.433 e. The lowest BCUT2D eigenvalue weighted by Gasteiger charge is -2.09. The van der Waals surface area contributed by atoms with Gasteiger partial charge in [0.25, 0.3) is 0 Å². The molecule has 0 aliphatic rings. The van der Waals surface area contributed by atoms with Crippen LogP contribution in [0.4, 0.5) is 11.6 Å². The third kappa shape index (κ3) is 3.40. The zero-order valence-corrected chi connectivity index (χ0v) is 12.0. The fourth-order valence-corrected chi connectivity index (χ4v) is 1.85. The number of nitro benzene ring substituents is 1. The average Bonchev–Trinajstić information content (AvgIpc) is 2.93. The molecule has 8 heteroatoms. The molecule has 2 rings (SSSR count). The van der Waals surface area contributed by atoms with Crippen molar-refractivity contribution in [3.63, 3.8) is 0 Å². The third-order valence-electron chi connectivity index (χ3n) is 3.04. The molecule has 0 atom stereocenters. The van der Waals surface area contributed by atoms with Crippen LogP contribution in [-0.4, -0.2) is 9.85 Å². The first-order valence-corrected chi connectivity index (χ1v) is 6.52. The maximum Gasteiger partial charge on any atom is 0.433 e. The largest absolute Gasteiger partial charge is 0.479 e. The highest BCUT2D eigenvalue weighted by atomic mass is 16.7. The molecule has 0 fully saturated rings. The number of ether oxygens (including phenoxy) is 1. The Morgan fingerprint density at radius 1 is 1.14 bits per heavy atom. The Kier molecular flexibility index (Phi) is 4.40. The molecule has 0 saturated heterocycles. The van der Waals surface area contributed by atoms with Gasteiger partial charge in [-0.05, 0) is 23.6 Å². The number of hydrogen-bond acceptors (Lipinski definition) is 6. The summed E-state index contributed by atoms with van der Waals surface area (Å²) in [5.41, 5.74) is 0.681. The number of nitrogens with zero attached hydrogens (tertiary/aromatic N) is 2. The van der Waals surface area contributed by atoms with Crippen LogP contribution in [0.5, 0.6) is 5.75 Å². The van der Waals surface area contributed by atoms with E-state index in [1.165, 1.54) is 24.3 Å². The van der Waals surface area contributed by atoms with Crippen LogP contribution in [0.2, 0.25) is 0 Å². The van der Waals surface area contributed by atoms with Crippen LogP contribution >= 0.6 is 0 Å². The Morgan fingerprint density at radius 3 is 2.41 bits per heavy atom. The molecular weight excluding hydrogens is 292 g/mol. The average molecular weight is 306 g/mol. The van der Waals surface area contributed by atoms with Crippen molar-refractivity contribution in [1.82, 2.24) is 0 Å². The van der Waals surface area contributed by atoms with Gasteiger partial charge in [0.05, 0.1) is 11.0 Å². The molecule has 8 nitrogen and oxygen atoms in total. The van der Waals surface area contributed by atoms with Gasteiger partial charge >= 0.3 is 11.6 Å². The molecule has 1 aromatic heterocycles. The van der Waals surface area contributed by atoms with E-state index in [1.54, 1.807) is 6.07 Å². The maximum absolute atomic E-state index is 11.1. The van der Waals surface area contributed by atoms with E-state index in [9.17, 15) is 20.2 Å². The Bertz CT molecular complexity index is 707. The van der Waals surface area contributed by atoms with Crippen LogP contribution < -0.4 is 4.74 Å². The second-order valence-electron chi connectivity index (χ2n) is 4.92. The highest BCUT2D eigenvalue weighted by Crippen LogP contribution is 2.31. The number of furan rings is 1. The van der Waals surface area contributed by atoms with Gasteiger partial charge in [0.2, 0.25) is 0 Å². The monoisotopic (exact) mass is 306 g/mol. The zero-order valence-electron chi connectivity index (χ0n) is 12.0. The first kappa shape index (κ1) is 15.5. The molecule has 0 bridgehead atoms. The van der Waals surface area contributed by atoms with Crippen LogP contribution in [0.3, 0.4) is 0 Å². The summed E-state index contributed by atoms with van der Waals surface area (Å²) < 4.78 is 10.3. The normalized spacial score (nSPS) is 10.7. The molecule has 22 heavy (non-hydrogen) atoms. The van der Waals surface area contributed by atoms with Crippen molar-refractivity contribution < 1.29 is 19.0 Å². The summed E-state index contributed by atoms with van der Waals surface area (Å²) in [5.74, 6) is 0.0612.